The quantitative estimate of drug-likeness (QED) is 0.594. The minimum atomic E-state index is 0.721. The van der Waals surface area contributed by atoms with E-state index in [2.05, 4.69) is 27.7 Å². The Bertz CT molecular complexity index is 144. The van der Waals surface area contributed by atoms with Crippen molar-refractivity contribution in [1.82, 2.24) is 0 Å². The molecule has 78 valence electrons. The highest BCUT2D eigenvalue weighted by atomic mass is 14.4. The number of hydrogen-bond acceptors (Lipinski definition) is 0. The summed E-state index contributed by atoms with van der Waals surface area (Å²) in [7, 11) is 0. The lowest BCUT2D eigenvalue weighted by molar-refractivity contribution is 0.256. The van der Waals surface area contributed by atoms with E-state index >= 15 is 0 Å². The van der Waals surface area contributed by atoms with Crippen molar-refractivity contribution in [2.24, 2.45) is 17.3 Å². The van der Waals surface area contributed by atoms with Gasteiger partial charge in [0.05, 0.1) is 0 Å². The molecule has 0 saturated heterocycles. The van der Waals surface area contributed by atoms with Crippen LogP contribution in [0.3, 0.4) is 0 Å². The second kappa shape index (κ2) is 4.48. The zero-order valence-electron chi connectivity index (χ0n) is 9.90. The van der Waals surface area contributed by atoms with Gasteiger partial charge in [0.1, 0.15) is 0 Å². The summed E-state index contributed by atoms with van der Waals surface area (Å²) in [6, 6.07) is 0. The van der Waals surface area contributed by atoms with Gasteiger partial charge < -0.3 is 0 Å². The van der Waals surface area contributed by atoms with Crippen LogP contribution in [0, 0.1) is 17.3 Å². The van der Waals surface area contributed by atoms with Crippen molar-refractivity contribution in [1.29, 1.82) is 0 Å². The minimum absolute atomic E-state index is 0.721. The van der Waals surface area contributed by atoms with Crippen LogP contribution in [-0.4, -0.2) is 0 Å². The molecule has 0 radical (unpaired) electrons. The zero-order chi connectivity index (χ0) is 9.90. The first-order chi connectivity index (χ1) is 6.17. The van der Waals surface area contributed by atoms with Crippen LogP contribution in [0.1, 0.15) is 66.2 Å². The van der Waals surface area contributed by atoms with E-state index < -0.39 is 0 Å². The van der Waals surface area contributed by atoms with Crippen LogP contribution >= 0.6 is 0 Å². The van der Waals surface area contributed by atoms with Gasteiger partial charge in [-0.25, -0.2) is 0 Å². The topological polar surface area (TPSA) is 0 Å². The van der Waals surface area contributed by atoms with Crippen molar-refractivity contribution < 1.29 is 0 Å². The maximum Gasteiger partial charge on any atom is -0.0297 e. The van der Waals surface area contributed by atoms with Crippen molar-refractivity contribution in [3.8, 4) is 0 Å². The van der Waals surface area contributed by atoms with E-state index in [1.54, 1.807) is 0 Å². The van der Waals surface area contributed by atoms with Gasteiger partial charge >= 0.3 is 0 Å². The monoisotopic (exact) mass is 182 g/mol. The zero-order valence-corrected chi connectivity index (χ0v) is 9.90. The molecule has 13 heavy (non-hydrogen) atoms. The lowest BCUT2D eigenvalue weighted by atomic mass is 9.79. The Kier molecular flexibility index (Phi) is 3.82. The predicted octanol–water partition coefficient (Wildman–Crippen LogP) is 4.64. The van der Waals surface area contributed by atoms with Gasteiger partial charge in [0.15, 0.2) is 0 Å². The largest absolute Gasteiger partial charge is 0.0654 e. The van der Waals surface area contributed by atoms with Crippen LogP contribution < -0.4 is 0 Å². The van der Waals surface area contributed by atoms with Crippen molar-refractivity contribution in [2.45, 2.75) is 66.2 Å². The molecule has 1 saturated carbocycles. The summed E-state index contributed by atoms with van der Waals surface area (Å²) in [5.74, 6) is 2.02. The van der Waals surface area contributed by atoms with Gasteiger partial charge in [-0.1, -0.05) is 53.4 Å². The van der Waals surface area contributed by atoms with Gasteiger partial charge in [0, 0.05) is 0 Å². The molecule has 1 rings (SSSR count). The third-order valence-electron chi connectivity index (χ3n) is 4.41. The van der Waals surface area contributed by atoms with Crippen molar-refractivity contribution >= 4 is 0 Å². The average Bonchev–Trinajstić information content (AvgIpc) is 2.45. The van der Waals surface area contributed by atoms with Gasteiger partial charge in [-0.15, -0.1) is 0 Å². The molecule has 0 N–H and O–H groups in total. The molecule has 0 nitrogen and oxygen atoms in total. The van der Waals surface area contributed by atoms with Crippen LogP contribution in [0.25, 0.3) is 0 Å². The molecule has 0 amide bonds. The molecule has 1 aliphatic rings. The second-order valence-corrected chi connectivity index (χ2v) is 5.14. The Hall–Kier alpha value is 0. The van der Waals surface area contributed by atoms with Crippen LogP contribution in [0.4, 0.5) is 0 Å². The Labute approximate surface area is 84.1 Å². The van der Waals surface area contributed by atoms with Crippen molar-refractivity contribution in [2.75, 3.05) is 0 Å². The molecule has 0 aromatic rings. The van der Waals surface area contributed by atoms with Crippen LogP contribution in [0.5, 0.6) is 0 Å². The van der Waals surface area contributed by atoms with Gasteiger partial charge in [0.25, 0.3) is 0 Å². The molecule has 1 fully saturated rings. The maximum atomic E-state index is 2.47. The first kappa shape index (κ1) is 11.1. The molecule has 0 aliphatic heterocycles. The summed E-state index contributed by atoms with van der Waals surface area (Å²) >= 11 is 0. The molecule has 2 atom stereocenters. The van der Waals surface area contributed by atoms with E-state index in [0.717, 1.165) is 17.3 Å². The summed E-state index contributed by atoms with van der Waals surface area (Å²) < 4.78 is 0. The van der Waals surface area contributed by atoms with E-state index in [-0.39, 0.29) is 0 Å². The normalized spacial score (nSPS) is 32.3. The molecular weight excluding hydrogens is 156 g/mol. The SMILES string of the molecule is CCCC1CC(CC)(CC)CC1C. The minimum Gasteiger partial charge on any atom is -0.0654 e. The van der Waals surface area contributed by atoms with E-state index in [9.17, 15) is 0 Å². The summed E-state index contributed by atoms with van der Waals surface area (Å²) in [6.07, 6.45) is 8.63. The van der Waals surface area contributed by atoms with E-state index in [0.29, 0.717) is 0 Å². The summed E-state index contributed by atoms with van der Waals surface area (Å²) in [5, 5.41) is 0. The molecule has 0 spiro atoms. The van der Waals surface area contributed by atoms with Crippen LogP contribution in [-0.2, 0) is 0 Å². The van der Waals surface area contributed by atoms with Gasteiger partial charge in [-0.05, 0) is 30.1 Å². The third kappa shape index (κ3) is 2.27. The Balaban J connectivity index is 2.56. The van der Waals surface area contributed by atoms with Crippen molar-refractivity contribution in [3.63, 3.8) is 0 Å². The lowest BCUT2D eigenvalue weighted by Crippen LogP contribution is -2.14. The van der Waals surface area contributed by atoms with E-state index in [4.69, 9.17) is 0 Å². The third-order valence-corrected chi connectivity index (χ3v) is 4.41. The predicted molar refractivity (Wildman–Crippen MR) is 59.8 cm³/mol. The Morgan fingerprint density at radius 2 is 1.69 bits per heavy atom. The first-order valence-electron chi connectivity index (χ1n) is 6.17. The molecule has 0 heterocycles. The standard InChI is InChI=1S/C13H26/c1-5-8-12-10-13(6-2,7-3)9-11(12)4/h11-12H,5-10H2,1-4H3. The Morgan fingerprint density at radius 1 is 1.08 bits per heavy atom. The highest BCUT2D eigenvalue weighted by Crippen LogP contribution is 2.51. The molecule has 0 aromatic heterocycles. The summed E-state index contributed by atoms with van der Waals surface area (Å²) in [5.41, 5.74) is 0.721. The van der Waals surface area contributed by atoms with E-state index in [1.807, 2.05) is 0 Å². The smallest absolute Gasteiger partial charge is 0.0297 e. The first-order valence-corrected chi connectivity index (χ1v) is 6.17. The second-order valence-electron chi connectivity index (χ2n) is 5.14. The fraction of sp³-hybridized carbons (Fsp3) is 1.00. The highest BCUT2D eigenvalue weighted by molar-refractivity contribution is 4.90. The Morgan fingerprint density at radius 3 is 2.08 bits per heavy atom. The fourth-order valence-corrected chi connectivity index (χ4v) is 3.28. The van der Waals surface area contributed by atoms with Gasteiger partial charge in [-0.3, -0.25) is 0 Å². The summed E-state index contributed by atoms with van der Waals surface area (Å²) in [4.78, 5) is 0. The molecular formula is C13H26. The lowest BCUT2D eigenvalue weighted by Gasteiger charge is -2.26. The molecule has 0 aromatic carbocycles. The molecule has 2 unspecified atom stereocenters. The highest BCUT2D eigenvalue weighted by Gasteiger charge is 2.39. The fourth-order valence-electron chi connectivity index (χ4n) is 3.28. The molecule has 0 bridgehead atoms. The number of hydrogen-bond donors (Lipinski definition) is 0. The average molecular weight is 182 g/mol. The summed E-state index contributed by atoms with van der Waals surface area (Å²) in [6.45, 7) is 9.55. The van der Waals surface area contributed by atoms with Crippen molar-refractivity contribution in [3.05, 3.63) is 0 Å². The van der Waals surface area contributed by atoms with E-state index in [1.165, 1.54) is 38.5 Å². The van der Waals surface area contributed by atoms with Crippen LogP contribution in [0.15, 0.2) is 0 Å². The van der Waals surface area contributed by atoms with Gasteiger partial charge in [-0.2, -0.15) is 0 Å². The maximum absolute atomic E-state index is 2.47. The van der Waals surface area contributed by atoms with Crippen LogP contribution in [0.2, 0.25) is 0 Å². The van der Waals surface area contributed by atoms with Gasteiger partial charge in [0.2, 0.25) is 0 Å². The number of rotatable bonds is 4. The molecule has 0 heteroatoms. The molecule has 1 aliphatic carbocycles.